The molecule has 0 saturated heterocycles. The first kappa shape index (κ1) is 33.9. The zero-order valence-electron chi connectivity index (χ0n) is 32.6. The third kappa shape index (κ3) is 5.44. The lowest BCUT2D eigenvalue weighted by Crippen LogP contribution is -2.10. The number of aromatic nitrogens is 4. The first-order valence-corrected chi connectivity index (χ1v) is 20.4. The molecule has 5 nitrogen and oxygen atoms in total. The van der Waals surface area contributed by atoms with Crippen LogP contribution in [-0.4, -0.2) is 18.5 Å². The topological polar surface area (TPSA) is 30.4 Å². The molecule has 0 aliphatic heterocycles. The van der Waals surface area contributed by atoms with Gasteiger partial charge in [-0.25, -0.2) is 4.98 Å². The molecule has 12 rings (SSSR count). The highest BCUT2D eigenvalue weighted by Gasteiger charge is 2.20. The molecule has 12 aromatic rings. The first-order chi connectivity index (χ1) is 29.8. The zero-order chi connectivity index (χ0) is 39.6. The Morgan fingerprint density at radius 3 is 1.33 bits per heavy atom. The van der Waals surface area contributed by atoms with Crippen LogP contribution in [0.25, 0.3) is 83.3 Å². The fraction of sp³-hybridized carbons (Fsp3) is 0. The van der Waals surface area contributed by atoms with Crippen LogP contribution in [0, 0.1) is 0 Å². The van der Waals surface area contributed by atoms with Crippen molar-refractivity contribution in [2.75, 3.05) is 4.90 Å². The molecule has 3 heterocycles. The predicted molar refractivity (Wildman–Crippen MR) is 249 cm³/mol. The van der Waals surface area contributed by atoms with Gasteiger partial charge in [-0.15, -0.1) is 0 Å². The minimum Gasteiger partial charge on any atom is -0.311 e. The molecule has 0 aliphatic rings. The van der Waals surface area contributed by atoms with Crippen molar-refractivity contribution in [2.45, 2.75) is 0 Å². The van der Waals surface area contributed by atoms with Gasteiger partial charge in [-0.2, -0.15) is 0 Å². The van der Waals surface area contributed by atoms with Crippen LogP contribution in [-0.2, 0) is 0 Å². The van der Waals surface area contributed by atoms with Gasteiger partial charge in [0.15, 0.2) is 0 Å². The Balaban J connectivity index is 0.999. The van der Waals surface area contributed by atoms with E-state index in [0.29, 0.717) is 0 Å². The summed E-state index contributed by atoms with van der Waals surface area (Å²) in [6.45, 7) is 0. The van der Waals surface area contributed by atoms with Crippen LogP contribution in [0.2, 0.25) is 0 Å². The molecular weight excluding hydrogens is 731 g/mol. The summed E-state index contributed by atoms with van der Waals surface area (Å²) < 4.78 is 6.99. The summed E-state index contributed by atoms with van der Waals surface area (Å²) in [5.41, 5.74) is 16.8. The van der Waals surface area contributed by atoms with E-state index < -0.39 is 0 Å². The Hall–Kier alpha value is -8.15. The van der Waals surface area contributed by atoms with E-state index in [1.54, 1.807) is 0 Å². The molecule has 282 valence electrons. The zero-order valence-corrected chi connectivity index (χ0v) is 32.6. The molecule has 0 amide bonds. The second-order valence-electron chi connectivity index (χ2n) is 15.3. The molecule has 0 radical (unpaired) electrons. The van der Waals surface area contributed by atoms with Crippen molar-refractivity contribution in [1.82, 2.24) is 18.5 Å². The van der Waals surface area contributed by atoms with E-state index in [9.17, 15) is 0 Å². The van der Waals surface area contributed by atoms with Gasteiger partial charge in [0.2, 0.25) is 5.78 Å². The maximum absolute atomic E-state index is 5.25. The van der Waals surface area contributed by atoms with E-state index in [-0.39, 0.29) is 0 Å². The molecule has 0 saturated carbocycles. The maximum atomic E-state index is 5.25. The SMILES string of the molecule is c1ccc(-c2ccc(N(c3ccc(-c4ccccc4)cc3)c3ccc(-n4c5ccc(-n6c7ccccc7c7ccccc76)cc5n5c6ccccc6nc45)cc3)cc2)cc1. The number of rotatable bonds is 7. The van der Waals surface area contributed by atoms with Gasteiger partial charge in [0.05, 0.1) is 33.1 Å². The highest BCUT2D eigenvalue weighted by atomic mass is 15.2. The van der Waals surface area contributed by atoms with Gasteiger partial charge in [-0.1, -0.05) is 133 Å². The fourth-order valence-corrected chi connectivity index (χ4v) is 9.05. The van der Waals surface area contributed by atoms with Gasteiger partial charge < -0.3 is 9.47 Å². The highest BCUT2D eigenvalue weighted by molar-refractivity contribution is 6.09. The summed E-state index contributed by atoms with van der Waals surface area (Å²) in [4.78, 5) is 7.58. The summed E-state index contributed by atoms with van der Waals surface area (Å²) in [5.74, 6) is 0.878. The van der Waals surface area contributed by atoms with Gasteiger partial charge in [0, 0.05) is 39.2 Å². The van der Waals surface area contributed by atoms with E-state index in [0.717, 1.165) is 56.3 Å². The van der Waals surface area contributed by atoms with Crippen molar-refractivity contribution in [3.05, 3.63) is 224 Å². The van der Waals surface area contributed by atoms with E-state index in [1.165, 1.54) is 44.1 Å². The standard InChI is InChI=1S/C55H37N5/c1-3-13-38(14-4-1)40-23-27-42(28-24-40)57(43-29-25-41(26-30-43)39-15-5-2-6-16-39)44-31-33-45(34-32-44)59-53-36-35-46(37-54(53)60-52-22-12-9-19-49(52)56-55(59)60)58-50-20-10-7-17-47(50)48-18-8-11-21-51(48)58/h1-37H. The molecule has 0 aliphatic carbocycles. The Morgan fingerprint density at radius 2 is 0.767 bits per heavy atom. The summed E-state index contributed by atoms with van der Waals surface area (Å²) in [5, 5.41) is 2.50. The van der Waals surface area contributed by atoms with Crippen LogP contribution in [0.4, 0.5) is 17.1 Å². The summed E-state index contributed by atoms with van der Waals surface area (Å²) in [6, 6.07) is 80.3. The molecule has 3 aromatic heterocycles. The lowest BCUT2D eigenvalue weighted by molar-refractivity contribution is 1.11. The van der Waals surface area contributed by atoms with Gasteiger partial charge in [0.1, 0.15) is 0 Å². The van der Waals surface area contributed by atoms with E-state index in [1.807, 2.05) is 0 Å². The second-order valence-corrected chi connectivity index (χ2v) is 15.3. The number of fused-ring (bicyclic) bond motifs is 8. The molecule has 0 atom stereocenters. The van der Waals surface area contributed by atoms with Crippen molar-refractivity contribution in [3.63, 3.8) is 0 Å². The highest BCUT2D eigenvalue weighted by Crippen LogP contribution is 2.39. The fourth-order valence-electron chi connectivity index (χ4n) is 9.05. The summed E-state index contributed by atoms with van der Waals surface area (Å²) in [6.07, 6.45) is 0. The Labute approximate surface area is 346 Å². The minimum absolute atomic E-state index is 0.878. The van der Waals surface area contributed by atoms with Crippen LogP contribution < -0.4 is 4.90 Å². The summed E-state index contributed by atoms with van der Waals surface area (Å²) in [7, 11) is 0. The molecule has 0 bridgehead atoms. The molecule has 60 heavy (non-hydrogen) atoms. The van der Waals surface area contributed by atoms with Crippen molar-refractivity contribution >= 4 is 66.7 Å². The predicted octanol–water partition coefficient (Wildman–Crippen LogP) is 14.3. The normalized spacial score (nSPS) is 11.7. The van der Waals surface area contributed by atoms with Crippen molar-refractivity contribution < 1.29 is 0 Å². The van der Waals surface area contributed by atoms with Gasteiger partial charge in [0.25, 0.3) is 0 Å². The maximum Gasteiger partial charge on any atom is 0.220 e. The van der Waals surface area contributed by atoms with Crippen molar-refractivity contribution in [3.8, 4) is 33.6 Å². The number of anilines is 3. The van der Waals surface area contributed by atoms with Gasteiger partial charge in [-0.05, 0) is 113 Å². The number of nitrogens with zero attached hydrogens (tertiary/aromatic N) is 5. The van der Waals surface area contributed by atoms with E-state index in [4.69, 9.17) is 4.98 Å². The third-order valence-corrected chi connectivity index (χ3v) is 11.9. The van der Waals surface area contributed by atoms with Crippen molar-refractivity contribution in [1.29, 1.82) is 0 Å². The summed E-state index contributed by atoms with van der Waals surface area (Å²) >= 11 is 0. The van der Waals surface area contributed by atoms with Crippen LogP contribution in [0.15, 0.2) is 224 Å². The monoisotopic (exact) mass is 767 g/mol. The number of hydrogen-bond donors (Lipinski definition) is 0. The largest absolute Gasteiger partial charge is 0.311 e. The van der Waals surface area contributed by atoms with E-state index >= 15 is 0 Å². The van der Waals surface area contributed by atoms with Crippen LogP contribution in [0.3, 0.4) is 0 Å². The lowest BCUT2D eigenvalue weighted by Gasteiger charge is -2.26. The molecule has 0 spiro atoms. The average Bonchev–Trinajstić information content (AvgIpc) is 3.97. The van der Waals surface area contributed by atoms with Crippen LogP contribution in [0.1, 0.15) is 0 Å². The Morgan fingerprint density at radius 1 is 0.317 bits per heavy atom. The van der Waals surface area contributed by atoms with Crippen LogP contribution in [0.5, 0.6) is 0 Å². The minimum atomic E-state index is 0.878. The van der Waals surface area contributed by atoms with Crippen LogP contribution >= 0.6 is 0 Å². The lowest BCUT2D eigenvalue weighted by atomic mass is 10.0. The number of benzene rings is 9. The number of hydrogen-bond acceptors (Lipinski definition) is 2. The molecule has 0 fully saturated rings. The first-order valence-electron chi connectivity index (χ1n) is 20.4. The number of imidazole rings is 2. The Kier molecular flexibility index (Phi) is 7.78. The van der Waals surface area contributed by atoms with Gasteiger partial charge in [-0.3, -0.25) is 8.97 Å². The average molecular weight is 768 g/mol. The molecule has 0 unspecified atom stereocenters. The van der Waals surface area contributed by atoms with Gasteiger partial charge >= 0.3 is 0 Å². The molecular formula is C55H37N5. The molecule has 9 aromatic carbocycles. The smallest absolute Gasteiger partial charge is 0.220 e. The third-order valence-electron chi connectivity index (χ3n) is 11.9. The van der Waals surface area contributed by atoms with Crippen molar-refractivity contribution in [2.24, 2.45) is 0 Å². The second kappa shape index (κ2) is 13.8. The van der Waals surface area contributed by atoms with E-state index in [2.05, 4.69) is 243 Å². The molecule has 0 N–H and O–H groups in total. The number of para-hydroxylation sites is 4. The Bertz CT molecular complexity index is 3370. The molecule has 5 heteroatoms. The quantitative estimate of drug-likeness (QED) is 0.162.